The lowest BCUT2D eigenvalue weighted by atomic mass is 9.89. The summed E-state index contributed by atoms with van der Waals surface area (Å²) in [7, 11) is 0. The van der Waals surface area contributed by atoms with Gasteiger partial charge < -0.3 is 10.4 Å². The fraction of sp³-hybridized carbons (Fsp3) is 0.333. The maximum atomic E-state index is 12.3. The molecular weight excluding hydrogens is 240 g/mol. The number of hydrogen-bond acceptors (Lipinski definition) is 3. The zero-order valence-corrected chi connectivity index (χ0v) is 10.8. The Morgan fingerprint density at radius 2 is 2.11 bits per heavy atom. The van der Waals surface area contributed by atoms with E-state index in [0.29, 0.717) is 18.4 Å². The molecule has 98 valence electrons. The first-order valence-corrected chi connectivity index (χ1v) is 6.49. The summed E-state index contributed by atoms with van der Waals surface area (Å²) < 4.78 is 0. The molecule has 2 aromatic rings. The van der Waals surface area contributed by atoms with E-state index < -0.39 is 0 Å². The SMILES string of the molecule is Cc1cc(C(=O)NC2CC(O)C2)c2ccccc2n1. The second kappa shape index (κ2) is 4.63. The number of carbonyl (C=O) groups excluding carboxylic acids is 1. The van der Waals surface area contributed by atoms with Gasteiger partial charge in [-0.3, -0.25) is 9.78 Å². The number of aryl methyl sites for hydroxylation is 1. The Morgan fingerprint density at radius 1 is 1.37 bits per heavy atom. The van der Waals surface area contributed by atoms with Crippen LogP contribution in [0.15, 0.2) is 30.3 Å². The first-order chi connectivity index (χ1) is 9.13. The van der Waals surface area contributed by atoms with Gasteiger partial charge in [0.1, 0.15) is 0 Å². The van der Waals surface area contributed by atoms with Crippen molar-refractivity contribution in [3.05, 3.63) is 41.6 Å². The lowest BCUT2D eigenvalue weighted by Gasteiger charge is -2.32. The largest absolute Gasteiger partial charge is 0.393 e. The summed E-state index contributed by atoms with van der Waals surface area (Å²) in [6.45, 7) is 1.89. The van der Waals surface area contributed by atoms with Crippen LogP contribution in [-0.4, -0.2) is 28.1 Å². The molecule has 0 atom stereocenters. The standard InChI is InChI=1S/C15H16N2O2/c1-9-6-13(12-4-2-3-5-14(12)16-9)15(19)17-10-7-11(18)8-10/h2-6,10-11,18H,7-8H2,1H3,(H,17,19). The molecule has 0 spiro atoms. The van der Waals surface area contributed by atoms with E-state index in [9.17, 15) is 9.90 Å². The second-order valence-electron chi connectivity index (χ2n) is 5.12. The zero-order chi connectivity index (χ0) is 13.4. The van der Waals surface area contributed by atoms with Crippen LogP contribution in [0.1, 0.15) is 28.9 Å². The third-order valence-corrected chi connectivity index (χ3v) is 3.54. The summed E-state index contributed by atoms with van der Waals surface area (Å²) >= 11 is 0. The van der Waals surface area contributed by atoms with E-state index in [4.69, 9.17) is 0 Å². The van der Waals surface area contributed by atoms with E-state index in [1.807, 2.05) is 37.3 Å². The van der Waals surface area contributed by atoms with Crippen LogP contribution in [0, 0.1) is 6.92 Å². The minimum atomic E-state index is -0.263. The molecule has 1 saturated carbocycles. The highest BCUT2D eigenvalue weighted by Crippen LogP contribution is 2.22. The molecule has 3 rings (SSSR count). The molecule has 1 aliphatic rings. The minimum absolute atomic E-state index is 0.0846. The van der Waals surface area contributed by atoms with Crippen LogP contribution in [0.25, 0.3) is 10.9 Å². The van der Waals surface area contributed by atoms with Crippen molar-refractivity contribution in [2.24, 2.45) is 0 Å². The van der Waals surface area contributed by atoms with Gasteiger partial charge in [-0.15, -0.1) is 0 Å². The quantitative estimate of drug-likeness (QED) is 0.861. The van der Waals surface area contributed by atoms with Gasteiger partial charge in [-0.05, 0) is 31.9 Å². The zero-order valence-electron chi connectivity index (χ0n) is 10.8. The van der Waals surface area contributed by atoms with Gasteiger partial charge in [0.25, 0.3) is 5.91 Å². The van der Waals surface area contributed by atoms with Crippen molar-refractivity contribution in [1.82, 2.24) is 10.3 Å². The molecule has 0 aliphatic heterocycles. The van der Waals surface area contributed by atoms with E-state index >= 15 is 0 Å². The predicted molar refractivity (Wildman–Crippen MR) is 73.0 cm³/mol. The molecule has 19 heavy (non-hydrogen) atoms. The third-order valence-electron chi connectivity index (χ3n) is 3.54. The summed E-state index contributed by atoms with van der Waals surface area (Å²) in [5, 5.41) is 13.1. The van der Waals surface area contributed by atoms with Crippen molar-refractivity contribution in [3.8, 4) is 0 Å². The number of hydrogen-bond donors (Lipinski definition) is 2. The van der Waals surface area contributed by atoms with Crippen molar-refractivity contribution >= 4 is 16.8 Å². The lowest BCUT2D eigenvalue weighted by Crippen LogP contribution is -2.46. The number of carbonyl (C=O) groups is 1. The maximum absolute atomic E-state index is 12.3. The number of aliphatic hydroxyl groups is 1. The molecule has 1 amide bonds. The summed E-state index contributed by atoms with van der Waals surface area (Å²) in [6, 6.07) is 9.54. The molecule has 0 saturated heterocycles. The Balaban J connectivity index is 1.92. The Hall–Kier alpha value is -1.94. The molecule has 1 aliphatic carbocycles. The fourth-order valence-corrected chi connectivity index (χ4v) is 2.46. The van der Waals surface area contributed by atoms with Crippen molar-refractivity contribution in [1.29, 1.82) is 0 Å². The van der Waals surface area contributed by atoms with Gasteiger partial charge in [0, 0.05) is 17.1 Å². The Kier molecular flexibility index (Phi) is 2.95. The molecule has 2 N–H and O–H groups in total. The van der Waals surface area contributed by atoms with Crippen LogP contribution in [0.2, 0.25) is 0 Å². The second-order valence-corrected chi connectivity index (χ2v) is 5.12. The van der Waals surface area contributed by atoms with Crippen LogP contribution in [0.4, 0.5) is 0 Å². The number of aliphatic hydroxyl groups excluding tert-OH is 1. The molecule has 0 radical (unpaired) electrons. The highest BCUT2D eigenvalue weighted by molar-refractivity contribution is 6.06. The molecule has 1 aromatic heterocycles. The average Bonchev–Trinajstić information content (AvgIpc) is 2.35. The average molecular weight is 256 g/mol. The van der Waals surface area contributed by atoms with Crippen molar-refractivity contribution < 1.29 is 9.90 Å². The number of pyridine rings is 1. The molecule has 4 heteroatoms. The van der Waals surface area contributed by atoms with Crippen LogP contribution < -0.4 is 5.32 Å². The van der Waals surface area contributed by atoms with E-state index in [1.165, 1.54) is 0 Å². The van der Waals surface area contributed by atoms with Crippen LogP contribution >= 0.6 is 0 Å². The Morgan fingerprint density at radius 3 is 2.84 bits per heavy atom. The van der Waals surface area contributed by atoms with E-state index in [0.717, 1.165) is 16.6 Å². The van der Waals surface area contributed by atoms with Crippen molar-refractivity contribution in [2.75, 3.05) is 0 Å². The van der Waals surface area contributed by atoms with Gasteiger partial charge in [-0.2, -0.15) is 0 Å². The number of aromatic nitrogens is 1. The molecule has 4 nitrogen and oxygen atoms in total. The summed E-state index contributed by atoms with van der Waals surface area (Å²) in [5.74, 6) is -0.0846. The maximum Gasteiger partial charge on any atom is 0.252 e. The normalized spacial score (nSPS) is 22.0. The molecule has 1 heterocycles. The number of benzene rings is 1. The minimum Gasteiger partial charge on any atom is -0.393 e. The van der Waals surface area contributed by atoms with E-state index in [1.54, 1.807) is 0 Å². The third kappa shape index (κ3) is 2.31. The van der Waals surface area contributed by atoms with Crippen molar-refractivity contribution in [3.63, 3.8) is 0 Å². The number of nitrogens with zero attached hydrogens (tertiary/aromatic N) is 1. The van der Waals surface area contributed by atoms with Crippen LogP contribution in [0.5, 0.6) is 0 Å². The number of amides is 1. The van der Waals surface area contributed by atoms with Crippen LogP contribution in [-0.2, 0) is 0 Å². The van der Waals surface area contributed by atoms with Crippen LogP contribution in [0.3, 0.4) is 0 Å². The highest BCUT2D eigenvalue weighted by Gasteiger charge is 2.29. The van der Waals surface area contributed by atoms with E-state index in [-0.39, 0.29) is 18.1 Å². The Labute approximate surface area is 111 Å². The summed E-state index contributed by atoms with van der Waals surface area (Å²) in [5.41, 5.74) is 2.32. The molecule has 0 unspecified atom stereocenters. The number of fused-ring (bicyclic) bond motifs is 1. The number of para-hydroxylation sites is 1. The molecule has 0 bridgehead atoms. The topological polar surface area (TPSA) is 62.2 Å². The number of rotatable bonds is 2. The van der Waals surface area contributed by atoms with Gasteiger partial charge in [-0.1, -0.05) is 18.2 Å². The van der Waals surface area contributed by atoms with Gasteiger partial charge in [0.2, 0.25) is 0 Å². The predicted octanol–water partition coefficient (Wildman–Crippen LogP) is 1.80. The summed E-state index contributed by atoms with van der Waals surface area (Å²) in [6.07, 6.45) is 1.03. The highest BCUT2D eigenvalue weighted by atomic mass is 16.3. The monoisotopic (exact) mass is 256 g/mol. The first-order valence-electron chi connectivity index (χ1n) is 6.49. The lowest BCUT2D eigenvalue weighted by molar-refractivity contribution is 0.0563. The van der Waals surface area contributed by atoms with Crippen molar-refractivity contribution in [2.45, 2.75) is 31.9 Å². The molecule has 1 fully saturated rings. The van der Waals surface area contributed by atoms with Gasteiger partial charge in [0.05, 0.1) is 17.2 Å². The van der Waals surface area contributed by atoms with Gasteiger partial charge in [0.15, 0.2) is 0 Å². The first kappa shape index (κ1) is 12.1. The smallest absolute Gasteiger partial charge is 0.252 e. The van der Waals surface area contributed by atoms with Gasteiger partial charge >= 0.3 is 0 Å². The molecule has 1 aromatic carbocycles. The summed E-state index contributed by atoms with van der Waals surface area (Å²) in [4.78, 5) is 16.7. The van der Waals surface area contributed by atoms with E-state index in [2.05, 4.69) is 10.3 Å². The number of nitrogens with one attached hydrogen (secondary N) is 1. The molecular formula is C15H16N2O2. The van der Waals surface area contributed by atoms with Gasteiger partial charge in [-0.25, -0.2) is 0 Å². The Bertz CT molecular complexity index is 633. The fourth-order valence-electron chi connectivity index (χ4n) is 2.46.